The van der Waals surface area contributed by atoms with Gasteiger partial charge in [-0.25, -0.2) is 4.39 Å². The second-order valence-electron chi connectivity index (χ2n) is 5.88. The van der Waals surface area contributed by atoms with Crippen molar-refractivity contribution in [2.45, 2.75) is 39.5 Å². The van der Waals surface area contributed by atoms with E-state index in [0.29, 0.717) is 16.8 Å². The lowest BCUT2D eigenvalue weighted by molar-refractivity contribution is -0.116. The first-order valence-corrected chi connectivity index (χ1v) is 8.17. The topological polar surface area (TPSA) is 46.2 Å². The molecular formula is C20H22FNO2. The van der Waals surface area contributed by atoms with E-state index in [9.17, 15) is 14.0 Å². The van der Waals surface area contributed by atoms with Crippen molar-refractivity contribution in [1.29, 1.82) is 0 Å². The normalized spacial score (nSPS) is 10.5. The Labute approximate surface area is 141 Å². The molecular weight excluding hydrogens is 305 g/mol. The first-order valence-electron chi connectivity index (χ1n) is 8.17. The van der Waals surface area contributed by atoms with E-state index in [1.807, 2.05) is 12.1 Å². The average Bonchev–Trinajstić information content (AvgIpc) is 2.57. The van der Waals surface area contributed by atoms with E-state index < -0.39 is 0 Å². The standard InChI is InChI=1S/C20H22FNO2/c1-3-4-15-6-8-16(9-7-15)19(23)11-12-20(24)22-17-10-5-14(2)18(21)13-17/h5-10,13H,3-4,11-12H2,1-2H3,(H,22,24). The molecule has 2 aromatic carbocycles. The molecule has 4 heteroatoms. The van der Waals surface area contributed by atoms with E-state index in [4.69, 9.17) is 0 Å². The number of anilines is 1. The molecule has 0 heterocycles. The number of benzene rings is 2. The van der Waals surface area contributed by atoms with Crippen molar-refractivity contribution in [3.8, 4) is 0 Å². The van der Waals surface area contributed by atoms with Crippen LogP contribution < -0.4 is 5.32 Å². The fourth-order valence-electron chi connectivity index (χ4n) is 2.41. The summed E-state index contributed by atoms with van der Waals surface area (Å²) < 4.78 is 13.4. The number of carbonyl (C=O) groups excluding carboxylic acids is 2. The van der Waals surface area contributed by atoms with Crippen molar-refractivity contribution in [2.24, 2.45) is 0 Å². The maximum Gasteiger partial charge on any atom is 0.224 e. The molecule has 0 atom stereocenters. The van der Waals surface area contributed by atoms with Crippen LogP contribution in [-0.2, 0) is 11.2 Å². The van der Waals surface area contributed by atoms with Crippen LogP contribution in [0.25, 0.3) is 0 Å². The molecule has 0 aliphatic carbocycles. The molecule has 2 rings (SSSR count). The minimum Gasteiger partial charge on any atom is -0.326 e. The number of hydrogen-bond acceptors (Lipinski definition) is 2. The summed E-state index contributed by atoms with van der Waals surface area (Å²) in [5.74, 6) is -0.728. The van der Waals surface area contributed by atoms with Crippen LogP contribution in [-0.4, -0.2) is 11.7 Å². The highest BCUT2D eigenvalue weighted by atomic mass is 19.1. The van der Waals surface area contributed by atoms with Gasteiger partial charge < -0.3 is 5.32 Å². The molecule has 0 saturated heterocycles. The molecule has 3 nitrogen and oxygen atoms in total. The van der Waals surface area contributed by atoms with Crippen LogP contribution in [0, 0.1) is 12.7 Å². The number of Topliss-reactive ketones (excluding diaryl/α,β-unsaturated/α-hetero) is 1. The minimum atomic E-state index is -0.365. The highest BCUT2D eigenvalue weighted by Crippen LogP contribution is 2.15. The number of halogens is 1. The van der Waals surface area contributed by atoms with Crippen LogP contribution in [0.4, 0.5) is 10.1 Å². The summed E-state index contributed by atoms with van der Waals surface area (Å²) in [6.07, 6.45) is 2.26. The van der Waals surface area contributed by atoms with Gasteiger partial charge in [0.1, 0.15) is 5.82 Å². The van der Waals surface area contributed by atoms with Gasteiger partial charge >= 0.3 is 0 Å². The first-order chi connectivity index (χ1) is 11.5. The Morgan fingerprint density at radius 1 is 1.04 bits per heavy atom. The molecule has 0 bridgehead atoms. The summed E-state index contributed by atoms with van der Waals surface area (Å²) >= 11 is 0. The Balaban J connectivity index is 1.86. The fourth-order valence-corrected chi connectivity index (χ4v) is 2.41. The molecule has 126 valence electrons. The van der Waals surface area contributed by atoms with Gasteiger partial charge in [-0.2, -0.15) is 0 Å². The van der Waals surface area contributed by atoms with E-state index in [1.54, 1.807) is 31.2 Å². The van der Waals surface area contributed by atoms with Crippen LogP contribution >= 0.6 is 0 Å². The Kier molecular flexibility index (Phi) is 6.24. The van der Waals surface area contributed by atoms with Gasteiger partial charge in [-0.1, -0.05) is 43.7 Å². The van der Waals surface area contributed by atoms with Gasteiger partial charge in [0.05, 0.1) is 0 Å². The summed E-state index contributed by atoms with van der Waals surface area (Å²) in [7, 11) is 0. The minimum absolute atomic E-state index is 0.0664. The molecule has 0 aliphatic rings. The number of nitrogens with one attached hydrogen (secondary N) is 1. The predicted octanol–water partition coefficient (Wildman–Crippen LogP) is 4.69. The van der Waals surface area contributed by atoms with Gasteiger partial charge in [0.15, 0.2) is 5.78 Å². The number of amides is 1. The van der Waals surface area contributed by atoms with Crippen molar-refractivity contribution in [1.82, 2.24) is 0 Å². The molecule has 0 fully saturated rings. The summed E-state index contributed by atoms with van der Waals surface area (Å²) in [4.78, 5) is 24.0. The third kappa shape index (κ3) is 5.01. The first kappa shape index (κ1) is 17.9. The summed E-state index contributed by atoms with van der Waals surface area (Å²) in [6, 6.07) is 12.0. The lowest BCUT2D eigenvalue weighted by Crippen LogP contribution is -2.13. The second-order valence-corrected chi connectivity index (χ2v) is 5.88. The third-order valence-corrected chi connectivity index (χ3v) is 3.85. The zero-order chi connectivity index (χ0) is 17.5. The summed E-state index contributed by atoms with van der Waals surface area (Å²) in [6.45, 7) is 3.77. The van der Waals surface area contributed by atoms with E-state index in [2.05, 4.69) is 12.2 Å². The lowest BCUT2D eigenvalue weighted by Gasteiger charge is -2.06. The third-order valence-electron chi connectivity index (χ3n) is 3.85. The van der Waals surface area contributed by atoms with Crippen molar-refractivity contribution < 1.29 is 14.0 Å². The van der Waals surface area contributed by atoms with Crippen LogP contribution in [0.5, 0.6) is 0 Å². The number of aryl methyl sites for hydroxylation is 2. The van der Waals surface area contributed by atoms with Gasteiger partial charge in [0.25, 0.3) is 0 Å². The maximum atomic E-state index is 13.4. The molecule has 2 aromatic rings. The predicted molar refractivity (Wildman–Crippen MR) is 93.8 cm³/mol. The monoisotopic (exact) mass is 327 g/mol. The Bertz CT molecular complexity index is 723. The van der Waals surface area contributed by atoms with Crippen molar-refractivity contribution in [2.75, 3.05) is 5.32 Å². The van der Waals surface area contributed by atoms with Gasteiger partial charge in [0, 0.05) is 24.1 Å². The van der Waals surface area contributed by atoms with Gasteiger partial charge in [0.2, 0.25) is 5.91 Å². The Morgan fingerprint density at radius 3 is 2.38 bits per heavy atom. The van der Waals surface area contributed by atoms with Gasteiger partial charge in [-0.3, -0.25) is 9.59 Å². The molecule has 24 heavy (non-hydrogen) atoms. The van der Waals surface area contributed by atoms with Crippen LogP contribution in [0.1, 0.15) is 47.7 Å². The van der Waals surface area contributed by atoms with Crippen molar-refractivity contribution in [3.05, 3.63) is 65.0 Å². The number of ketones is 1. The Hall–Kier alpha value is -2.49. The Morgan fingerprint density at radius 2 is 1.75 bits per heavy atom. The van der Waals surface area contributed by atoms with Crippen molar-refractivity contribution in [3.63, 3.8) is 0 Å². The summed E-state index contributed by atoms with van der Waals surface area (Å²) in [5.41, 5.74) is 2.74. The molecule has 1 amide bonds. The van der Waals surface area contributed by atoms with E-state index in [1.165, 1.54) is 11.6 Å². The quantitative estimate of drug-likeness (QED) is 0.750. The zero-order valence-electron chi connectivity index (χ0n) is 14.1. The molecule has 0 unspecified atom stereocenters. The average molecular weight is 327 g/mol. The summed E-state index contributed by atoms with van der Waals surface area (Å²) in [5, 5.41) is 2.61. The number of rotatable bonds is 7. The number of hydrogen-bond donors (Lipinski definition) is 1. The lowest BCUT2D eigenvalue weighted by atomic mass is 10.0. The highest BCUT2D eigenvalue weighted by molar-refractivity contribution is 6.00. The van der Waals surface area contributed by atoms with Gasteiger partial charge in [-0.15, -0.1) is 0 Å². The van der Waals surface area contributed by atoms with Crippen LogP contribution in [0.15, 0.2) is 42.5 Å². The largest absolute Gasteiger partial charge is 0.326 e. The molecule has 1 N–H and O–H groups in total. The smallest absolute Gasteiger partial charge is 0.224 e. The maximum absolute atomic E-state index is 13.4. The van der Waals surface area contributed by atoms with Crippen LogP contribution in [0.3, 0.4) is 0 Å². The SMILES string of the molecule is CCCc1ccc(C(=O)CCC(=O)Nc2ccc(C)c(F)c2)cc1. The molecule has 0 aromatic heterocycles. The molecule has 0 saturated carbocycles. The molecule has 0 radical (unpaired) electrons. The molecule has 0 aliphatic heterocycles. The van der Waals surface area contributed by atoms with Crippen molar-refractivity contribution >= 4 is 17.4 Å². The zero-order valence-corrected chi connectivity index (χ0v) is 14.1. The van der Waals surface area contributed by atoms with E-state index >= 15 is 0 Å². The second kappa shape index (κ2) is 8.39. The van der Waals surface area contributed by atoms with Gasteiger partial charge in [-0.05, 0) is 36.6 Å². The highest BCUT2D eigenvalue weighted by Gasteiger charge is 2.10. The van der Waals surface area contributed by atoms with E-state index in [-0.39, 0.29) is 30.3 Å². The fraction of sp³-hybridized carbons (Fsp3) is 0.300. The molecule has 0 spiro atoms. The van der Waals surface area contributed by atoms with E-state index in [0.717, 1.165) is 12.8 Å². The number of carbonyl (C=O) groups is 2. The van der Waals surface area contributed by atoms with Crippen LogP contribution in [0.2, 0.25) is 0 Å².